The summed E-state index contributed by atoms with van der Waals surface area (Å²) in [7, 11) is 3.73. The van der Waals surface area contributed by atoms with Crippen molar-refractivity contribution in [1.29, 1.82) is 0 Å². The fourth-order valence-electron chi connectivity index (χ4n) is 3.77. The molecule has 1 aliphatic heterocycles. The van der Waals surface area contributed by atoms with Crippen LogP contribution >= 0.6 is 0 Å². The molecule has 1 saturated heterocycles. The summed E-state index contributed by atoms with van der Waals surface area (Å²) in [6.45, 7) is 8.25. The van der Waals surface area contributed by atoms with Gasteiger partial charge in [-0.25, -0.2) is 0 Å². The van der Waals surface area contributed by atoms with Crippen LogP contribution in [0.3, 0.4) is 0 Å². The van der Waals surface area contributed by atoms with E-state index in [1.807, 2.05) is 31.0 Å². The molecule has 0 amide bonds. The van der Waals surface area contributed by atoms with Crippen molar-refractivity contribution in [3.63, 3.8) is 0 Å². The Morgan fingerprint density at radius 1 is 1.24 bits per heavy atom. The van der Waals surface area contributed by atoms with Crippen LogP contribution in [0, 0.1) is 19.8 Å². The van der Waals surface area contributed by atoms with Crippen molar-refractivity contribution in [2.45, 2.75) is 33.1 Å². The van der Waals surface area contributed by atoms with Crippen LogP contribution in [0.15, 0.2) is 12.4 Å². The van der Waals surface area contributed by atoms with Gasteiger partial charge in [0.1, 0.15) is 0 Å². The molecule has 0 bridgehead atoms. The number of rotatable bonds is 6. The van der Waals surface area contributed by atoms with Gasteiger partial charge in [-0.05, 0) is 45.6 Å². The topological polar surface area (TPSA) is 56.1 Å². The molecule has 1 aliphatic rings. The Kier molecular flexibility index (Phi) is 5.81. The molecule has 25 heavy (non-hydrogen) atoms. The molecule has 0 aliphatic carbocycles. The number of aryl methyl sites for hydroxylation is 2. The fourth-order valence-corrected chi connectivity index (χ4v) is 3.77. The highest BCUT2D eigenvalue weighted by Crippen LogP contribution is 2.25. The summed E-state index contributed by atoms with van der Waals surface area (Å²) >= 11 is 0. The number of ether oxygens (including phenoxy) is 1. The van der Waals surface area contributed by atoms with Crippen molar-refractivity contribution < 1.29 is 4.74 Å². The quantitative estimate of drug-likeness (QED) is 0.806. The van der Waals surface area contributed by atoms with E-state index >= 15 is 0 Å². The first-order valence-electron chi connectivity index (χ1n) is 9.11. The minimum absolute atomic E-state index is 0.660. The van der Waals surface area contributed by atoms with Crippen molar-refractivity contribution in [1.82, 2.24) is 24.6 Å². The van der Waals surface area contributed by atoms with Crippen LogP contribution in [0.5, 0.6) is 0 Å². The van der Waals surface area contributed by atoms with Gasteiger partial charge >= 0.3 is 0 Å². The molecule has 0 N–H and O–H groups in total. The minimum Gasteiger partial charge on any atom is -0.383 e. The molecule has 0 saturated carbocycles. The lowest BCUT2D eigenvalue weighted by Crippen LogP contribution is -2.38. The molecule has 136 valence electrons. The summed E-state index contributed by atoms with van der Waals surface area (Å²) in [4.78, 5) is 11.9. The Bertz CT molecular complexity index is 695. The van der Waals surface area contributed by atoms with Gasteiger partial charge in [0.15, 0.2) is 0 Å². The van der Waals surface area contributed by atoms with Crippen LogP contribution < -0.4 is 0 Å². The molecule has 1 atom stereocenters. The van der Waals surface area contributed by atoms with Crippen molar-refractivity contribution >= 4 is 0 Å². The molecule has 2 aromatic rings. The van der Waals surface area contributed by atoms with Crippen LogP contribution in [-0.2, 0) is 18.2 Å². The zero-order valence-electron chi connectivity index (χ0n) is 15.8. The van der Waals surface area contributed by atoms with Gasteiger partial charge in [0.25, 0.3) is 0 Å². The zero-order valence-corrected chi connectivity index (χ0v) is 15.8. The van der Waals surface area contributed by atoms with Gasteiger partial charge < -0.3 is 9.64 Å². The smallest absolute Gasteiger partial charge is 0.0922 e. The molecule has 0 aromatic carbocycles. The Morgan fingerprint density at radius 3 is 2.72 bits per heavy atom. The predicted molar refractivity (Wildman–Crippen MR) is 98.5 cm³/mol. The molecule has 6 nitrogen and oxygen atoms in total. The summed E-state index contributed by atoms with van der Waals surface area (Å²) in [6, 6.07) is 0. The van der Waals surface area contributed by atoms with Gasteiger partial charge in [-0.2, -0.15) is 5.10 Å². The highest BCUT2D eigenvalue weighted by Gasteiger charge is 2.21. The first kappa shape index (κ1) is 18.0. The maximum absolute atomic E-state index is 5.20. The SMILES string of the molecule is COCCN1CCC[C@@H](Cc2cnc(-c3c(C)nn(C)c3C)cn2)C1. The highest BCUT2D eigenvalue weighted by atomic mass is 16.5. The van der Waals surface area contributed by atoms with Gasteiger partial charge in [0.2, 0.25) is 0 Å². The number of hydrogen-bond acceptors (Lipinski definition) is 5. The van der Waals surface area contributed by atoms with Crippen LogP contribution in [0.4, 0.5) is 0 Å². The molecule has 1 fully saturated rings. The Hall–Kier alpha value is -1.79. The monoisotopic (exact) mass is 343 g/mol. The summed E-state index contributed by atoms with van der Waals surface area (Å²) in [5, 5.41) is 4.47. The molecule has 2 aromatic heterocycles. The number of hydrogen-bond donors (Lipinski definition) is 0. The van der Waals surface area contributed by atoms with E-state index in [0.29, 0.717) is 5.92 Å². The average Bonchev–Trinajstić information content (AvgIpc) is 2.86. The molecular formula is C19H29N5O. The second-order valence-corrected chi connectivity index (χ2v) is 7.07. The number of nitrogens with zero attached hydrogens (tertiary/aromatic N) is 5. The maximum atomic E-state index is 5.20. The third-order valence-electron chi connectivity index (χ3n) is 5.18. The lowest BCUT2D eigenvalue weighted by atomic mass is 9.93. The number of methoxy groups -OCH3 is 1. The number of piperidine rings is 1. The van der Waals surface area contributed by atoms with Crippen LogP contribution in [0.25, 0.3) is 11.3 Å². The fraction of sp³-hybridized carbons (Fsp3) is 0.632. The van der Waals surface area contributed by atoms with Crippen molar-refractivity contribution in [3.8, 4) is 11.3 Å². The summed E-state index contributed by atoms with van der Waals surface area (Å²) in [5.41, 5.74) is 5.23. The minimum atomic E-state index is 0.660. The third kappa shape index (κ3) is 4.25. The Morgan fingerprint density at radius 2 is 2.08 bits per heavy atom. The van der Waals surface area contributed by atoms with E-state index in [1.54, 1.807) is 7.11 Å². The normalized spacial score (nSPS) is 18.6. The van der Waals surface area contributed by atoms with Crippen molar-refractivity contribution in [2.24, 2.45) is 13.0 Å². The van der Waals surface area contributed by atoms with Gasteiger partial charge in [0.05, 0.1) is 29.9 Å². The third-order valence-corrected chi connectivity index (χ3v) is 5.18. The Balaban J connectivity index is 1.64. The maximum Gasteiger partial charge on any atom is 0.0922 e. The van der Waals surface area contributed by atoms with Gasteiger partial charge in [-0.1, -0.05) is 0 Å². The van der Waals surface area contributed by atoms with Crippen LogP contribution in [0.1, 0.15) is 29.9 Å². The molecule has 3 heterocycles. The summed E-state index contributed by atoms with van der Waals surface area (Å²) < 4.78 is 7.10. The zero-order chi connectivity index (χ0) is 17.8. The lowest BCUT2D eigenvalue weighted by molar-refractivity contribution is 0.114. The van der Waals surface area contributed by atoms with Gasteiger partial charge in [0, 0.05) is 44.7 Å². The molecular weight excluding hydrogens is 314 g/mol. The standard InChI is InChI=1S/C19H29N5O/c1-14-19(15(2)23(3)22-14)18-12-20-17(11-21-18)10-16-6-5-7-24(13-16)8-9-25-4/h11-12,16H,5-10,13H2,1-4H3/t16-/m0/s1. The highest BCUT2D eigenvalue weighted by molar-refractivity contribution is 5.63. The molecule has 3 rings (SSSR count). The van der Waals surface area contributed by atoms with E-state index in [4.69, 9.17) is 4.74 Å². The van der Waals surface area contributed by atoms with E-state index in [9.17, 15) is 0 Å². The molecule has 0 unspecified atom stereocenters. The first-order chi connectivity index (χ1) is 12.1. The van der Waals surface area contributed by atoms with Gasteiger partial charge in [-0.3, -0.25) is 14.6 Å². The van der Waals surface area contributed by atoms with E-state index in [2.05, 4.69) is 26.9 Å². The van der Waals surface area contributed by atoms with Crippen molar-refractivity contribution in [2.75, 3.05) is 33.4 Å². The van der Waals surface area contributed by atoms with Gasteiger partial charge in [-0.15, -0.1) is 0 Å². The Labute approximate surface area is 150 Å². The molecule has 6 heteroatoms. The molecule has 0 spiro atoms. The van der Waals surface area contributed by atoms with E-state index in [0.717, 1.165) is 54.5 Å². The second kappa shape index (κ2) is 8.06. The van der Waals surface area contributed by atoms with E-state index < -0.39 is 0 Å². The average molecular weight is 343 g/mol. The van der Waals surface area contributed by atoms with Crippen LogP contribution in [0.2, 0.25) is 0 Å². The van der Waals surface area contributed by atoms with E-state index in [-0.39, 0.29) is 0 Å². The largest absolute Gasteiger partial charge is 0.383 e. The number of aromatic nitrogens is 4. The first-order valence-corrected chi connectivity index (χ1v) is 9.11. The lowest BCUT2D eigenvalue weighted by Gasteiger charge is -2.32. The van der Waals surface area contributed by atoms with Crippen molar-refractivity contribution in [3.05, 3.63) is 29.5 Å². The number of likely N-dealkylation sites (tertiary alicyclic amines) is 1. The summed E-state index contributed by atoms with van der Waals surface area (Å²) in [5.74, 6) is 0.660. The summed E-state index contributed by atoms with van der Waals surface area (Å²) in [6.07, 6.45) is 7.37. The predicted octanol–water partition coefficient (Wildman–Crippen LogP) is 2.39. The van der Waals surface area contributed by atoms with Crippen LogP contribution in [-0.4, -0.2) is 58.0 Å². The van der Waals surface area contributed by atoms with E-state index in [1.165, 1.54) is 19.4 Å². The molecule has 0 radical (unpaired) electrons. The second-order valence-electron chi connectivity index (χ2n) is 7.07.